The average molecular weight is 483 g/mol. The van der Waals surface area contributed by atoms with E-state index in [-0.39, 0.29) is 11.3 Å². The van der Waals surface area contributed by atoms with Crippen molar-refractivity contribution in [2.24, 2.45) is 0 Å². The van der Waals surface area contributed by atoms with Crippen LogP contribution in [0.1, 0.15) is 36.1 Å². The summed E-state index contributed by atoms with van der Waals surface area (Å²) in [7, 11) is 0. The summed E-state index contributed by atoms with van der Waals surface area (Å²) >= 11 is 0. The first-order chi connectivity index (χ1) is 16.9. The number of aliphatic hydroxyl groups excluding tert-OH is 1. The molecule has 2 aliphatic heterocycles. The van der Waals surface area contributed by atoms with E-state index in [2.05, 4.69) is 4.90 Å². The molecule has 2 fully saturated rings. The molecule has 2 heterocycles. The summed E-state index contributed by atoms with van der Waals surface area (Å²) in [6.07, 6.45) is 0.660. The van der Waals surface area contributed by atoms with E-state index in [4.69, 9.17) is 9.47 Å². The van der Waals surface area contributed by atoms with Crippen LogP contribution < -0.4 is 4.74 Å². The molecule has 0 bridgehead atoms. The molecular weight excluding hydrogens is 451 g/mol. The number of hydrogen-bond acceptors (Lipinski definition) is 6. The number of carbonyl (C=O) groups is 2. The topological polar surface area (TPSA) is 79.3 Å². The van der Waals surface area contributed by atoms with E-state index < -0.39 is 23.5 Å². The summed E-state index contributed by atoms with van der Waals surface area (Å²) in [4.78, 5) is 30.1. The molecule has 8 heteroatoms. The van der Waals surface area contributed by atoms with E-state index in [0.717, 1.165) is 19.6 Å². The van der Waals surface area contributed by atoms with Crippen LogP contribution in [-0.2, 0) is 14.3 Å². The van der Waals surface area contributed by atoms with Crippen molar-refractivity contribution in [1.29, 1.82) is 0 Å². The van der Waals surface area contributed by atoms with Crippen molar-refractivity contribution in [1.82, 2.24) is 9.80 Å². The number of Topliss-reactive ketones (excluding diaryl/α,β-unsaturated/α-hetero) is 1. The Balaban J connectivity index is 1.68. The number of morpholine rings is 1. The van der Waals surface area contributed by atoms with E-state index in [1.807, 2.05) is 13.8 Å². The lowest BCUT2D eigenvalue weighted by Gasteiger charge is -2.29. The lowest BCUT2D eigenvalue weighted by atomic mass is 9.94. The molecule has 7 nitrogen and oxygen atoms in total. The van der Waals surface area contributed by atoms with Crippen molar-refractivity contribution < 1.29 is 28.6 Å². The standard InChI is InChI=1S/C27H31FN2O5/c1-3-35-21-9-10-22(18(2)17-21)25(31)23-24(19-5-7-20(28)8-6-19)30(27(33)26(23)32)12-4-11-29-13-15-34-16-14-29/h5-10,17,24,31H,3-4,11-16H2,1-2H3. The zero-order valence-electron chi connectivity index (χ0n) is 20.1. The molecule has 2 saturated heterocycles. The van der Waals surface area contributed by atoms with Crippen LogP contribution in [0.15, 0.2) is 48.0 Å². The highest BCUT2D eigenvalue weighted by atomic mass is 19.1. The van der Waals surface area contributed by atoms with E-state index >= 15 is 0 Å². The Morgan fingerprint density at radius 1 is 1.11 bits per heavy atom. The van der Waals surface area contributed by atoms with Crippen LogP contribution in [0.2, 0.25) is 0 Å². The molecule has 2 aliphatic rings. The van der Waals surface area contributed by atoms with Crippen LogP contribution in [0.5, 0.6) is 5.75 Å². The first kappa shape index (κ1) is 24.9. The number of amides is 1. The van der Waals surface area contributed by atoms with Gasteiger partial charge in [-0.15, -0.1) is 0 Å². The predicted molar refractivity (Wildman–Crippen MR) is 130 cm³/mol. The van der Waals surface area contributed by atoms with Gasteiger partial charge in [0.25, 0.3) is 11.7 Å². The van der Waals surface area contributed by atoms with Crippen molar-refractivity contribution in [2.75, 3.05) is 46.0 Å². The van der Waals surface area contributed by atoms with Gasteiger partial charge in [-0.2, -0.15) is 0 Å². The molecule has 0 aliphatic carbocycles. The fourth-order valence-electron chi connectivity index (χ4n) is 4.70. The second kappa shape index (κ2) is 11.0. The number of likely N-dealkylation sites (tertiary alicyclic amines) is 1. The third-order valence-corrected chi connectivity index (χ3v) is 6.47. The number of aryl methyl sites for hydroxylation is 1. The van der Waals surface area contributed by atoms with Crippen LogP contribution >= 0.6 is 0 Å². The van der Waals surface area contributed by atoms with Crippen LogP contribution in [-0.4, -0.2) is 72.6 Å². The third-order valence-electron chi connectivity index (χ3n) is 6.47. The summed E-state index contributed by atoms with van der Waals surface area (Å²) in [5.41, 5.74) is 1.75. The highest BCUT2D eigenvalue weighted by molar-refractivity contribution is 6.46. The maximum Gasteiger partial charge on any atom is 0.295 e. The maximum atomic E-state index is 13.7. The van der Waals surface area contributed by atoms with Crippen LogP contribution in [0.25, 0.3) is 5.76 Å². The van der Waals surface area contributed by atoms with Gasteiger partial charge < -0.3 is 19.5 Å². The Bertz CT molecular complexity index is 1110. The highest BCUT2D eigenvalue weighted by Crippen LogP contribution is 2.40. The number of ether oxygens (including phenoxy) is 2. The smallest absolute Gasteiger partial charge is 0.295 e. The second-order valence-corrected chi connectivity index (χ2v) is 8.76. The van der Waals surface area contributed by atoms with Crippen molar-refractivity contribution in [3.05, 3.63) is 70.5 Å². The van der Waals surface area contributed by atoms with Gasteiger partial charge in [0.15, 0.2) is 0 Å². The molecule has 2 aromatic rings. The van der Waals surface area contributed by atoms with Crippen LogP contribution in [0, 0.1) is 12.7 Å². The van der Waals surface area contributed by atoms with Gasteiger partial charge in [0, 0.05) is 31.7 Å². The van der Waals surface area contributed by atoms with Crippen molar-refractivity contribution in [2.45, 2.75) is 26.3 Å². The third kappa shape index (κ3) is 5.39. The lowest BCUT2D eigenvalue weighted by molar-refractivity contribution is -0.140. The van der Waals surface area contributed by atoms with Gasteiger partial charge in [0.2, 0.25) is 0 Å². The minimum atomic E-state index is -0.800. The van der Waals surface area contributed by atoms with Crippen molar-refractivity contribution in [3.8, 4) is 5.75 Å². The normalized spacial score (nSPS) is 20.4. The highest BCUT2D eigenvalue weighted by Gasteiger charge is 2.46. The summed E-state index contributed by atoms with van der Waals surface area (Å²) in [5.74, 6) is -1.41. The molecule has 0 aromatic heterocycles. The molecule has 4 rings (SSSR count). The Morgan fingerprint density at radius 2 is 1.83 bits per heavy atom. The summed E-state index contributed by atoms with van der Waals surface area (Å²) in [6, 6.07) is 10.1. The number of ketones is 1. The van der Waals surface area contributed by atoms with Gasteiger partial charge >= 0.3 is 0 Å². The quantitative estimate of drug-likeness (QED) is 0.351. The lowest BCUT2D eigenvalue weighted by Crippen LogP contribution is -2.38. The van der Waals surface area contributed by atoms with Gasteiger partial charge in [-0.3, -0.25) is 14.5 Å². The zero-order valence-corrected chi connectivity index (χ0v) is 20.1. The minimum Gasteiger partial charge on any atom is -0.507 e. The van der Waals surface area contributed by atoms with Gasteiger partial charge in [-0.25, -0.2) is 4.39 Å². The van der Waals surface area contributed by atoms with Gasteiger partial charge in [-0.05, 0) is 61.7 Å². The van der Waals surface area contributed by atoms with E-state index in [1.165, 1.54) is 17.0 Å². The Hall–Kier alpha value is -3.23. The number of benzene rings is 2. The fraction of sp³-hybridized carbons (Fsp3) is 0.407. The number of rotatable bonds is 8. The maximum absolute atomic E-state index is 13.7. The fourth-order valence-corrected chi connectivity index (χ4v) is 4.70. The van der Waals surface area contributed by atoms with Gasteiger partial charge in [0.05, 0.1) is 31.4 Å². The Morgan fingerprint density at radius 3 is 2.49 bits per heavy atom. The summed E-state index contributed by atoms with van der Waals surface area (Å²) in [5, 5.41) is 11.3. The van der Waals surface area contributed by atoms with Crippen molar-refractivity contribution in [3.63, 3.8) is 0 Å². The molecule has 35 heavy (non-hydrogen) atoms. The molecule has 0 spiro atoms. The summed E-state index contributed by atoms with van der Waals surface area (Å²) in [6.45, 7) is 8.32. The Labute approximate surface area is 204 Å². The van der Waals surface area contributed by atoms with Gasteiger partial charge in [0.1, 0.15) is 17.3 Å². The van der Waals surface area contributed by atoms with Crippen LogP contribution in [0.4, 0.5) is 4.39 Å². The predicted octanol–water partition coefficient (Wildman–Crippen LogP) is 3.68. The largest absolute Gasteiger partial charge is 0.507 e. The molecule has 0 radical (unpaired) electrons. The SMILES string of the molecule is CCOc1ccc(C(O)=C2C(=O)C(=O)N(CCCN3CCOCC3)C2c2ccc(F)cc2)c(C)c1. The molecule has 1 N–H and O–H groups in total. The number of nitrogens with zero attached hydrogens (tertiary/aromatic N) is 2. The number of halogens is 1. The van der Waals surface area contributed by atoms with Crippen molar-refractivity contribution >= 4 is 17.4 Å². The second-order valence-electron chi connectivity index (χ2n) is 8.76. The number of aliphatic hydroxyl groups is 1. The average Bonchev–Trinajstić information content (AvgIpc) is 3.10. The molecule has 1 amide bonds. The molecule has 2 aromatic carbocycles. The Kier molecular flexibility index (Phi) is 7.83. The molecule has 1 atom stereocenters. The molecule has 1 unspecified atom stereocenters. The monoisotopic (exact) mass is 482 g/mol. The van der Waals surface area contributed by atoms with E-state index in [1.54, 1.807) is 30.3 Å². The first-order valence-electron chi connectivity index (χ1n) is 12.0. The number of hydrogen-bond donors (Lipinski definition) is 1. The molecule has 186 valence electrons. The number of carbonyl (C=O) groups excluding carboxylic acids is 2. The minimum absolute atomic E-state index is 0.0141. The van der Waals surface area contributed by atoms with E-state index in [0.29, 0.717) is 55.2 Å². The van der Waals surface area contributed by atoms with Crippen LogP contribution in [0.3, 0.4) is 0 Å². The van der Waals surface area contributed by atoms with Gasteiger partial charge in [-0.1, -0.05) is 12.1 Å². The molecular formula is C27H31FN2O5. The van der Waals surface area contributed by atoms with E-state index in [9.17, 15) is 19.1 Å². The zero-order chi connectivity index (χ0) is 24.9. The summed E-state index contributed by atoms with van der Waals surface area (Å²) < 4.78 is 24.6. The first-order valence-corrected chi connectivity index (χ1v) is 12.0. The molecule has 0 saturated carbocycles.